The zero-order chi connectivity index (χ0) is 19.9. The van der Waals surface area contributed by atoms with Crippen LogP contribution in [0.3, 0.4) is 0 Å². The largest absolute Gasteiger partial charge is 0.493 e. The van der Waals surface area contributed by atoms with Crippen molar-refractivity contribution in [3.63, 3.8) is 0 Å². The van der Waals surface area contributed by atoms with Crippen molar-refractivity contribution in [2.45, 2.75) is 38.2 Å². The molecule has 2 aromatic carbocycles. The lowest BCUT2D eigenvalue weighted by atomic mass is 10.1. The van der Waals surface area contributed by atoms with Crippen LogP contribution in [0.4, 0.5) is 5.69 Å². The molecule has 0 bridgehead atoms. The van der Waals surface area contributed by atoms with E-state index in [0.717, 1.165) is 24.2 Å². The minimum Gasteiger partial charge on any atom is -0.493 e. The molecule has 1 saturated carbocycles. The van der Waals surface area contributed by atoms with Gasteiger partial charge >= 0.3 is 0 Å². The highest BCUT2D eigenvalue weighted by atomic mass is 16.5. The van der Waals surface area contributed by atoms with Crippen molar-refractivity contribution in [3.05, 3.63) is 42.0 Å². The number of nitrogens with one attached hydrogen (secondary N) is 1. The van der Waals surface area contributed by atoms with Crippen molar-refractivity contribution in [1.82, 2.24) is 0 Å². The topological polar surface area (TPSA) is 66.0 Å². The van der Waals surface area contributed by atoms with Crippen LogP contribution in [0.5, 0.6) is 23.0 Å². The summed E-state index contributed by atoms with van der Waals surface area (Å²) in [5.41, 5.74) is 1.48. The Bertz CT molecular complexity index is 789. The molecule has 0 saturated heterocycles. The lowest BCUT2D eigenvalue weighted by Crippen LogP contribution is -2.15. The molecule has 0 aliphatic heterocycles. The van der Waals surface area contributed by atoms with Crippen LogP contribution < -0.4 is 24.3 Å². The van der Waals surface area contributed by atoms with Gasteiger partial charge in [-0.2, -0.15) is 0 Å². The van der Waals surface area contributed by atoms with E-state index in [2.05, 4.69) is 5.32 Å². The number of benzene rings is 2. The number of hydrogen-bond donors (Lipinski definition) is 1. The molecule has 1 aliphatic rings. The number of ether oxygens (including phenoxy) is 4. The number of carbonyl (C=O) groups is 1. The van der Waals surface area contributed by atoms with E-state index in [-0.39, 0.29) is 18.4 Å². The van der Waals surface area contributed by atoms with E-state index in [1.807, 2.05) is 24.3 Å². The molecular weight excluding hydrogens is 358 g/mol. The molecule has 0 spiro atoms. The Labute approximate surface area is 165 Å². The quantitative estimate of drug-likeness (QED) is 0.737. The fourth-order valence-corrected chi connectivity index (χ4v) is 3.47. The van der Waals surface area contributed by atoms with Crippen LogP contribution in [-0.4, -0.2) is 33.3 Å². The van der Waals surface area contributed by atoms with Crippen molar-refractivity contribution in [1.29, 1.82) is 0 Å². The first-order valence-corrected chi connectivity index (χ1v) is 9.48. The number of anilines is 1. The van der Waals surface area contributed by atoms with Crippen LogP contribution in [0.1, 0.15) is 31.2 Å². The number of methoxy groups -OCH3 is 3. The zero-order valence-corrected chi connectivity index (χ0v) is 16.6. The van der Waals surface area contributed by atoms with Crippen molar-refractivity contribution in [3.8, 4) is 23.0 Å². The van der Waals surface area contributed by atoms with Crippen molar-refractivity contribution < 1.29 is 23.7 Å². The van der Waals surface area contributed by atoms with Crippen LogP contribution in [0.25, 0.3) is 0 Å². The number of carbonyl (C=O) groups excluding carboxylic acids is 1. The van der Waals surface area contributed by atoms with E-state index >= 15 is 0 Å². The van der Waals surface area contributed by atoms with Gasteiger partial charge in [0.05, 0.1) is 33.9 Å². The highest BCUT2D eigenvalue weighted by Gasteiger charge is 2.17. The van der Waals surface area contributed by atoms with Crippen LogP contribution in [0, 0.1) is 0 Å². The summed E-state index contributed by atoms with van der Waals surface area (Å²) in [5.74, 6) is 2.21. The van der Waals surface area contributed by atoms with E-state index < -0.39 is 0 Å². The molecule has 1 fully saturated rings. The second kappa shape index (κ2) is 9.35. The Morgan fingerprint density at radius 1 is 1.00 bits per heavy atom. The molecule has 1 N–H and O–H groups in total. The highest BCUT2D eigenvalue weighted by molar-refractivity contribution is 5.92. The molecule has 0 unspecified atom stereocenters. The second-order valence-electron chi connectivity index (χ2n) is 6.81. The van der Waals surface area contributed by atoms with Gasteiger partial charge in [-0.1, -0.05) is 6.07 Å². The molecular formula is C22H27NO5. The fourth-order valence-electron chi connectivity index (χ4n) is 3.47. The van der Waals surface area contributed by atoms with Gasteiger partial charge in [-0.25, -0.2) is 0 Å². The Kier molecular flexibility index (Phi) is 6.63. The van der Waals surface area contributed by atoms with Gasteiger partial charge in [0.1, 0.15) is 5.75 Å². The molecule has 1 aliphatic carbocycles. The molecule has 0 atom stereocenters. The third-order valence-electron chi connectivity index (χ3n) is 4.81. The summed E-state index contributed by atoms with van der Waals surface area (Å²) in [7, 11) is 4.65. The first-order valence-electron chi connectivity index (χ1n) is 9.48. The summed E-state index contributed by atoms with van der Waals surface area (Å²) in [4.78, 5) is 12.5. The monoisotopic (exact) mass is 385 g/mol. The van der Waals surface area contributed by atoms with E-state index in [9.17, 15) is 4.79 Å². The minimum atomic E-state index is -0.132. The average molecular weight is 385 g/mol. The maximum absolute atomic E-state index is 12.5. The first-order chi connectivity index (χ1) is 13.6. The number of amides is 1. The SMILES string of the molecule is COc1cc(CC(=O)Nc2cccc(OC3CCCC3)c2)cc(OC)c1OC. The molecule has 28 heavy (non-hydrogen) atoms. The van der Waals surface area contributed by atoms with Gasteiger partial charge in [-0.15, -0.1) is 0 Å². The second-order valence-corrected chi connectivity index (χ2v) is 6.81. The zero-order valence-electron chi connectivity index (χ0n) is 16.6. The van der Waals surface area contributed by atoms with Crippen LogP contribution in [0.15, 0.2) is 36.4 Å². The molecule has 0 aromatic heterocycles. The molecule has 6 heteroatoms. The highest BCUT2D eigenvalue weighted by Crippen LogP contribution is 2.38. The molecule has 150 valence electrons. The van der Waals surface area contributed by atoms with E-state index in [1.54, 1.807) is 33.5 Å². The molecule has 3 rings (SSSR count). The van der Waals surface area contributed by atoms with Gasteiger partial charge in [0, 0.05) is 11.8 Å². The van der Waals surface area contributed by atoms with Crippen LogP contribution >= 0.6 is 0 Å². The lowest BCUT2D eigenvalue weighted by Gasteiger charge is -2.15. The van der Waals surface area contributed by atoms with Gasteiger partial charge in [0.2, 0.25) is 11.7 Å². The summed E-state index contributed by atoms with van der Waals surface area (Å²) < 4.78 is 22.0. The molecule has 2 aromatic rings. The van der Waals surface area contributed by atoms with Crippen molar-refractivity contribution in [2.75, 3.05) is 26.6 Å². The Hall–Kier alpha value is -2.89. The van der Waals surface area contributed by atoms with Gasteiger partial charge < -0.3 is 24.3 Å². The minimum absolute atomic E-state index is 0.132. The maximum atomic E-state index is 12.5. The molecule has 0 radical (unpaired) electrons. The predicted molar refractivity (Wildman–Crippen MR) is 108 cm³/mol. The van der Waals surface area contributed by atoms with Gasteiger partial charge in [0.25, 0.3) is 0 Å². The summed E-state index contributed by atoms with van der Waals surface area (Å²) in [6, 6.07) is 11.1. The third-order valence-corrected chi connectivity index (χ3v) is 4.81. The van der Waals surface area contributed by atoms with E-state index in [0.29, 0.717) is 22.9 Å². The smallest absolute Gasteiger partial charge is 0.228 e. The predicted octanol–water partition coefficient (Wildman–Crippen LogP) is 4.22. The maximum Gasteiger partial charge on any atom is 0.228 e. The number of rotatable bonds is 8. The van der Waals surface area contributed by atoms with Gasteiger partial charge in [-0.05, 0) is 55.5 Å². The van der Waals surface area contributed by atoms with Crippen molar-refractivity contribution in [2.24, 2.45) is 0 Å². The van der Waals surface area contributed by atoms with Gasteiger partial charge in [-0.3, -0.25) is 4.79 Å². The normalized spacial score (nSPS) is 13.8. The Morgan fingerprint density at radius 3 is 2.29 bits per heavy atom. The summed E-state index contributed by atoms with van der Waals surface area (Å²) in [5, 5.41) is 2.93. The standard InChI is InChI=1S/C22H27NO5/c1-25-19-11-15(12-20(26-2)22(19)27-3)13-21(24)23-16-7-6-10-18(14-16)28-17-8-4-5-9-17/h6-7,10-12,14,17H,4-5,8-9,13H2,1-3H3,(H,23,24). The fraction of sp³-hybridized carbons (Fsp3) is 0.409. The molecule has 1 amide bonds. The lowest BCUT2D eigenvalue weighted by molar-refractivity contribution is -0.115. The first kappa shape index (κ1) is 19.9. The third kappa shape index (κ3) is 4.88. The van der Waals surface area contributed by atoms with E-state index in [4.69, 9.17) is 18.9 Å². The van der Waals surface area contributed by atoms with Crippen molar-refractivity contribution >= 4 is 11.6 Å². The summed E-state index contributed by atoms with van der Waals surface area (Å²) >= 11 is 0. The molecule has 0 heterocycles. The van der Waals surface area contributed by atoms with E-state index in [1.165, 1.54) is 12.8 Å². The Balaban J connectivity index is 1.67. The summed E-state index contributed by atoms with van der Waals surface area (Å²) in [6.45, 7) is 0. The van der Waals surface area contributed by atoms with Gasteiger partial charge in [0.15, 0.2) is 11.5 Å². The van der Waals surface area contributed by atoms with Crippen LogP contribution in [-0.2, 0) is 11.2 Å². The molecule has 6 nitrogen and oxygen atoms in total. The van der Waals surface area contributed by atoms with Crippen LogP contribution in [0.2, 0.25) is 0 Å². The summed E-state index contributed by atoms with van der Waals surface area (Å²) in [6.07, 6.45) is 5.09. The average Bonchev–Trinajstić information content (AvgIpc) is 3.20. The Morgan fingerprint density at radius 2 is 1.68 bits per heavy atom. The number of hydrogen-bond acceptors (Lipinski definition) is 5.